The lowest BCUT2D eigenvalue weighted by atomic mass is 10.5. The summed E-state index contributed by atoms with van der Waals surface area (Å²) < 4.78 is 0. The Labute approximate surface area is 62.6 Å². The second-order valence-corrected chi connectivity index (χ2v) is 1.86. The van der Waals surface area contributed by atoms with Crippen LogP contribution in [0.25, 0.3) is 0 Å². The fourth-order valence-corrected chi connectivity index (χ4v) is 0.669. The highest BCUT2D eigenvalue weighted by Gasteiger charge is 1.95. The van der Waals surface area contributed by atoms with Crippen LogP contribution in [0.5, 0.6) is 0 Å². The van der Waals surface area contributed by atoms with Crippen molar-refractivity contribution in [3.63, 3.8) is 0 Å². The van der Waals surface area contributed by atoms with E-state index in [9.17, 15) is 0 Å². The first-order valence-corrected chi connectivity index (χ1v) is 2.88. The standard InChI is InChI=1S/C5H6ClN3.FH/c6-5-4(3-7)8-1-2-9-5;/h1-2H,3,7H2;1H. The van der Waals surface area contributed by atoms with Gasteiger partial charge in [-0.05, 0) is 0 Å². The number of hydrogen-bond donors (Lipinski definition) is 1. The summed E-state index contributed by atoms with van der Waals surface area (Å²) in [5.41, 5.74) is 5.90. The molecule has 0 saturated carbocycles. The average Bonchev–Trinajstić information content (AvgIpc) is 1.89. The summed E-state index contributed by atoms with van der Waals surface area (Å²) in [6.07, 6.45) is 3.09. The SMILES string of the molecule is F.NCc1nccnc1Cl. The fraction of sp³-hybridized carbons (Fsp3) is 0.200. The monoisotopic (exact) mass is 163 g/mol. The van der Waals surface area contributed by atoms with Crippen molar-refractivity contribution in [3.8, 4) is 0 Å². The number of aromatic nitrogens is 2. The van der Waals surface area contributed by atoms with E-state index in [1.165, 1.54) is 6.20 Å². The van der Waals surface area contributed by atoms with Crippen molar-refractivity contribution in [1.82, 2.24) is 9.97 Å². The van der Waals surface area contributed by atoms with Crippen molar-refractivity contribution in [3.05, 3.63) is 23.2 Å². The first-order chi connectivity index (χ1) is 4.34. The van der Waals surface area contributed by atoms with E-state index in [0.717, 1.165) is 0 Å². The summed E-state index contributed by atoms with van der Waals surface area (Å²) in [7, 11) is 0. The van der Waals surface area contributed by atoms with Crippen LogP contribution in [0.15, 0.2) is 12.4 Å². The highest BCUT2D eigenvalue weighted by atomic mass is 35.5. The van der Waals surface area contributed by atoms with Crippen molar-refractivity contribution in [1.29, 1.82) is 0 Å². The minimum Gasteiger partial charge on any atom is -0.325 e. The van der Waals surface area contributed by atoms with E-state index < -0.39 is 0 Å². The van der Waals surface area contributed by atoms with Crippen molar-refractivity contribution >= 4 is 11.6 Å². The molecule has 0 bridgehead atoms. The zero-order chi connectivity index (χ0) is 6.69. The number of nitrogens with two attached hydrogens (primary N) is 1. The lowest BCUT2D eigenvalue weighted by molar-refractivity contribution is 0.964. The Morgan fingerprint density at radius 1 is 1.40 bits per heavy atom. The van der Waals surface area contributed by atoms with Gasteiger partial charge in [-0.15, -0.1) is 0 Å². The fourth-order valence-electron chi connectivity index (χ4n) is 0.487. The summed E-state index contributed by atoms with van der Waals surface area (Å²) in [6, 6.07) is 0. The second-order valence-electron chi connectivity index (χ2n) is 1.50. The van der Waals surface area contributed by atoms with Gasteiger partial charge in [0.05, 0.1) is 5.69 Å². The van der Waals surface area contributed by atoms with Gasteiger partial charge in [0.1, 0.15) is 0 Å². The third kappa shape index (κ3) is 1.89. The lowest BCUT2D eigenvalue weighted by Crippen LogP contribution is -2.00. The number of nitrogens with zero attached hydrogens (tertiary/aromatic N) is 2. The van der Waals surface area contributed by atoms with E-state index in [1.807, 2.05) is 0 Å². The Kier molecular flexibility index (Phi) is 3.83. The summed E-state index contributed by atoms with van der Waals surface area (Å²) >= 11 is 5.57. The molecular weight excluding hydrogens is 157 g/mol. The molecule has 0 fully saturated rings. The number of rotatable bonds is 1. The van der Waals surface area contributed by atoms with Gasteiger partial charge in [0.2, 0.25) is 0 Å². The molecule has 0 radical (unpaired) electrons. The zero-order valence-electron chi connectivity index (χ0n) is 5.12. The molecule has 0 aliphatic rings. The normalized spacial score (nSPS) is 8.60. The zero-order valence-corrected chi connectivity index (χ0v) is 5.88. The smallest absolute Gasteiger partial charge is 0.151 e. The predicted molar refractivity (Wildman–Crippen MR) is 37.4 cm³/mol. The van der Waals surface area contributed by atoms with Gasteiger partial charge in [0.25, 0.3) is 0 Å². The Hall–Kier alpha value is -0.740. The quantitative estimate of drug-likeness (QED) is 0.665. The molecule has 0 amide bonds. The summed E-state index contributed by atoms with van der Waals surface area (Å²) in [4.78, 5) is 7.65. The summed E-state index contributed by atoms with van der Waals surface area (Å²) in [5.74, 6) is 0. The van der Waals surface area contributed by atoms with Gasteiger partial charge in [-0.1, -0.05) is 11.6 Å². The maximum atomic E-state index is 5.57. The number of hydrogen-bond acceptors (Lipinski definition) is 3. The van der Waals surface area contributed by atoms with E-state index in [2.05, 4.69) is 9.97 Å². The van der Waals surface area contributed by atoms with Gasteiger partial charge < -0.3 is 5.73 Å². The molecule has 10 heavy (non-hydrogen) atoms. The highest BCUT2D eigenvalue weighted by Crippen LogP contribution is 2.05. The van der Waals surface area contributed by atoms with Gasteiger partial charge >= 0.3 is 0 Å². The van der Waals surface area contributed by atoms with Crippen molar-refractivity contribution < 1.29 is 4.70 Å². The maximum absolute atomic E-state index is 5.57. The topological polar surface area (TPSA) is 51.8 Å². The molecule has 1 rings (SSSR count). The minimum absolute atomic E-state index is 0. The van der Waals surface area contributed by atoms with Crippen LogP contribution in [0.1, 0.15) is 5.69 Å². The second kappa shape index (κ2) is 4.14. The largest absolute Gasteiger partial charge is 0.325 e. The first kappa shape index (κ1) is 9.26. The molecule has 5 heteroatoms. The van der Waals surface area contributed by atoms with Crippen molar-refractivity contribution in [2.45, 2.75) is 6.54 Å². The van der Waals surface area contributed by atoms with Gasteiger partial charge in [0.15, 0.2) is 5.15 Å². The van der Waals surface area contributed by atoms with E-state index >= 15 is 0 Å². The molecule has 0 unspecified atom stereocenters. The molecular formula is C5H7ClFN3. The van der Waals surface area contributed by atoms with E-state index in [-0.39, 0.29) is 4.70 Å². The van der Waals surface area contributed by atoms with Crippen LogP contribution >= 0.6 is 11.6 Å². The number of halogens is 2. The molecule has 2 N–H and O–H groups in total. The van der Waals surface area contributed by atoms with Crippen molar-refractivity contribution in [2.24, 2.45) is 5.73 Å². The Bertz CT molecular complexity index is 206. The van der Waals surface area contributed by atoms with E-state index in [0.29, 0.717) is 17.4 Å². The molecule has 0 aliphatic heterocycles. The van der Waals surface area contributed by atoms with Gasteiger partial charge in [0, 0.05) is 18.9 Å². The maximum Gasteiger partial charge on any atom is 0.151 e. The molecule has 0 saturated heterocycles. The lowest BCUT2D eigenvalue weighted by Gasteiger charge is -1.94. The minimum atomic E-state index is 0. The third-order valence-electron chi connectivity index (χ3n) is 0.916. The van der Waals surface area contributed by atoms with Crippen LogP contribution in [0.2, 0.25) is 5.15 Å². The molecule has 1 aromatic heterocycles. The van der Waals surface area contributed by atoms with Crippen molar-refractivity contribution in [2.75, 3.05) is 0 Å². The summed E-state index contributed by atoms with van der Waals surface area (Å²) in [6.45, 7) is 0.340. The van der Waals surface area contributed by atoms with E-state index in [1.54, 1.807) is 6.20 Å². The molecule has 56 valence electrons. The Balaban J connectivity index is 0.000000810. The van der Waals surface area contributed by atoms with Gasteiger partial charge in [-0.2, -0.15) is 0 Å². The Morgan fingerprint density at radius 2 is 2.00 bits per heavy atom. The molecule has 0 aliphatic carbocycles. The Morgan fingerprint density at radius 3 is 2.40 bits per heavy atom. The van der Waals surface area contributed by atoms with Crippen LogP contribution < -0.4 is 5.73 Å². The summed E-state index contributed by atoms with van der Waals surface area (Å²) in [5, 5.41) is 0.389. The van der Waals surface area contributed by atoms with Crippen LogP contribution in [-0.4, -0.2) is 9.97 Å². The highest BCUT2D eigenvalue weighted by molar-refractivity contribution is 6.29. The molecule has 3 nitrogen and oxygen atoms in total. The molecule has 0 atom stereocenters. The van der Waals surface area contributed by atoms with Crippen LogP contribution in [0.4, 0.5) is 4.70 Å². The van der Waals surface area contributed by atoms with Crippen LogP contribution in [0, 0.1) is 0 Å². The van der Waals surface area contributed by atoms with E-state index in [4.69, 9.17) is 17.3 Å². The predicted octanol–water partition coefficient (Wildman–Crippen LogP) is 0.741. The van der Waals surface area contributed by atoms with Gasteiger partial charge in [-0.3, -0.25) is 9.69 Å². The first-order valence-electron chi connectivity index (χ1n) is 2.50. The molecule has 0 aromatic carbocycles. The molecule has 1 heterocycles. The molecule has 1 aromatic rings. The van der Waals surface area contributed by atoms with Gasteiger partial charge in [-0.25, -0.2) is 4.98 Å². The third-order valence-corrected chi connectivity index (χ3v) is 1.23. The average molecular weight is 164 g/mol. The van der Waals surface area contributed by atoms with Crippen LogP contribution in [0.3, 0.4) is 0 Å². The van der Waals surface area contributed by atoms with Crippen LogP contribution in [-0.2, 0) is 6.54 Å². The molecule has 0 spiro atoms.